The van der Waals surface area contributed by atoms with E-state index in [1.807, 2.05) is 39.4 Å². The number of carbonyl (C=O) groups excluding carboxylic acids is 1. The van der Waals surface area contributed by atoms with Gasteiger partial charge in [-0.3, -0.25) is 9.48 Å². The Labute approximate surface area is 167 Å². The molecule has 8 heteroatoms. The van der Waals surface area contributed by atoms with Crippen molar-refractivity contribution >= 4 is 28.1 Å². The number of aromatic nitrogens is 3. The number of rotatable bonds is 2. The van der Waals surface area contributed by atoms with Crippen LogP contribution in [0.25, 0.3) is 11.1 Å². The fourth-order valence-electron chi connectivity index (χ4n) is 3.75. The summed E-state index contributed by atoms with van der Waals surface area (Å²) in [7, 11) is 1.90. The molecule has 4 heterocycles. The van der Waals surface area contributed by atoms with Crippen LogP contribution in [0.3, 0.4) is 0 Å². The lowest BCUT2D eigenvalue weighted by molar-refractivity contribution is 0.0901. The summed E-state index contributed by atoms with van der Waals surface area (Å²) in [6.07, 6.45) is 4.57. The van der Waals surface area contributed by atoms with Crippen molar-refractivity contribution in [1.82, 2.24) is 20.1 Å². The highest BCUT2D eigenvalue weighted by Crippen LogP contribution is 2.42. The molecule has 0 fully saturated rings. The van der Waals surface area contributed by atoms with Gasteiger partial charge in [-0.25, -0.2) is 4.98 Å². The Morgan fingerprint density at radius 3 is 2.93 bits per heavy atom. The quantitative estimate of drug-likeness (QED) is 0.722. The molecule has 3 aromatic rings. The number of ether oxygens (including phenoxy) is 1. The van der Waals surface area contributed by atoms with Crippen LogP contribution in [0.5, 0.6) is 5.75 Å². The fraction of sp³-hybridized carbons (Fsp3) is 0.350. The van der Waals surface area contributed by atoms with Gasteiger partial charge in [0.15, 0.2) is 5.13 Å². The summed E-state index contributed by atoms with van der Waals surface area (Å²) in [6.45, 7) is 5.33. The summed E-state index contributed by atoms with van der Waals surface area (Å²) >= 11 is 1.45. The maximum absolute atomic E-state index is 12.5. The van der Waals surface area contributed by atoms with Crippen molar-refractivity contribution in [1.29, 1.82) is 0 Å². The van der Waals surface area contributed by atoms with Crippen LogP contribution in [-0.4, -0.2) is 39.4 Å². The summed E-state index contributed by atoms with van der Waals surface area (Å²) in [5, 5.41) is 8.14. The van der Waals surface area contributed by atoms with Gasteiger partial charge in [0.1, 0.15) is 17.2 Å². The highest BCUT2D eigenvalue weighted by molar-refractivity contribution is 7.17. The van der Waals surface area contributed by atoms with Gasteiger partial charge in [0.05, 0.1) is 24.1 Å². The Hall–Kier alpha value is -2.87. The SMILES string of the molecule is Cn1cc(-c2ccc3c(c2)OCCN3c2nc3c(s2)C(=O)NC(C)(C)C3)cn1. The van der Waals surface area contributed by atoms with Crippen molar-refractivity contribution in [2.75, 3.05) is 18.1 Å². The van der Waals surface area contributed by atoms with E-state index >= 15 is 0 Å². The number of benzene rings is 1. The number of hydrogen-bond donors (Lipinski definition) is 1. The van der Waals surface area contributed by atoms with Gasteiger partial charge in [-0.1, -0.05) is 17.4 Å². The molecule has 0 spiro atoms. The molecule has 1 aromatic carbocycles. The molecule has 1 amide bonds. The minimum absolute atomic E-state index is 0.0320. The minimum atomic E-state index is -0.267. The first-order valence-electron chi connectivity index (χ1n) is 9.25. The Balaban J connectivity index is 1.52. The molecule has 0 saturated heterocycles. The van der Waals surface area contributed by atoms with Crippen molar-refractivity contribution < 1.29 is 9.53 Å². The van der Waals surface area contributed by atoms with Gasteiger partial charge in [-0.15, -0.1) is 0 Å². The highest BCUT2D eigenvalue weighted by atomic mass is 32.1. The van der Waals surface area contributed by atoms with Crippen LogP contribution in [0, 0.1) is 0 Å². The molecule has 2 aliphatic heterocycles. The minimum Gasteiger partial charge on any atom is -0.490 e. The molecule has 0 atom stereocenters. The van der Waals surface area contributed by atoms with Crippen LogP contribution in [-0.2, 0) is 13.5 Å². The Morgan fingerprint density at radius 1 is 1.29 bits per heavy atom. The number of thiazole rings is 1. The molecule has 2 aliphatic rings. The molecule has 0 saturated carbocycles. The zero-order chi connectivity index (χ0) is 19.5. The molecular weight excluding hydrogens is 374 g/mol. The van der Waals surface area contributed by atoms with E-state index in [2.05, 4.69) is 27.4 Å². The second-order valence-corrected chi connectivity index (χ2v) is 8.85. The summed E-state index contributed by atoms with van der Waals surface area (Å²) in [4.78, 5) is 20.1. The number of anilines is 2. The zero-order valence-corrected chi connectivity index (χ0v) is 16.8. The third-order valence-electron chi connectivity index (χ3n) is 5.05. The van der Waals surface area contributed by atoms with Gasteiger partial charge in [-0.2, -0.15) is 5.10 Å². The van der Waals surface area contributed by atoms with E-state index < -0.39 is 0 Å². The van der Waals surface area contributed by atoms with Crippen molar-refractivity contribution in [3.05, 3.63) is 41.2 Å². The number of amides is 1. The summed E-state index contributed by atoms with van der Waals surface area (Å²) in [5.74, 6) is 0.793. The smallest absolute Gasteiger partial charge is 0.263 e. The number of nitrogens with one attached hydrogen (secondary N) is 1. The maximum Gasteiger partial charge on any atom is 0.263 e. The maximum atomic E-state index is 12.5. The first-order valence-corrected chi connectivity index (χ1v) is 10.1. The predicted octanol–water partition coefficient (Wildman–Crippen LogP) is 3.14. The molecule has 0 aliphatic carbocycles. The van der Waals surface area contributed by atoms with Gasteiger partial charge in [0.25, 0.3) is 5.91 Å². The summed E-state index contributed by atoms with van der Waals surface area (Å²) in [5.41, 5.74) is 3.71. The molecule has 7 nitrogen and oxygen atoms in total. The summed E-state index contributed by atoms with van der Waals surface area (Å²) in [6, 6.07) is 6.17. The number of carbonyl (C=O) groups is 1. The highest BCUT2D eigenvalue weighted by Gasteiger charge is 2.34. The molecular formula is C20H21N5O2S. The number of hydrogen-bond acceptors (Lipinski definition) is 6. The van der Waals surface area contributed by atoms with Gasteiger partial charge >= 0.3 is 0 Å². The number of fused-ring (bicyclic) bond motifs is 2. The number of nitrogens with zero attached hydrogens (tertiary/aromatic N) is 4. The largest absolute Gasteiger partial charge is 0.490 e. The first-order chi connectivity index (χ1) is 13.4. The van der Waals surface area contributed by atoms with Crippen molar-refractivity contribution in [2.45, 2.75) is 25.8 Å². The van der Waals surface area contributed by atoms with Crippen LogP contribution in [0.2, 0.25) is 0 Å². The van der Waals surface area contributed by atoms with E-state index in [1.54, 1.807) is 4.68 Å². The predicted molar refractivity (Wildman–Crippen MR) is 109 cm³/mol. The van der Waals surface area contributed by atoms with Gasteiger partial charge in [0, 0.05) is 30.8 Å². The van der Waals surface area contributed by atoms with Crippen molar-refractivity contribution in [3.8, 4) is 16.9 Å². The lowest BCUT2D eigenvalue weighted by atomic mass is 9.94. The van der Waals surface area contributed by atoms with E-state index in [0.717, 1.165) is 39.8 Å². The van der Waals surface area contributed by atoms with E-state index in [9.17, 15) is 4.79 Å². The van der Waals surface area contributed by atoms with Crippen molar-refractivity contribution in [3.63, 3.8) is 0 Å². The zero-order valence-electron chi connectivity index (χ0n) is 16.0. The van der Waals surface area contributed by atoms with Gasteiger partial charge in [-0.05, 0) is 31.5 Å². The lowest BCUT2D eigenvalue weighted by Gasteiger charge is -2.29. The Morgan fingerprint density at radius 2 is 2.14 bits per heavy atom. The second kappa shape index (κ2) is 6.07. The molecule has 5 rings (SSSR count). The van der Waals surface area contributed by atoms with Gasteiger partial charge < -0.3 is 15.0 Å². The molecule has 0 unspecified atom stereocenters. The molecule has 0 bridgehead atoms. The van der Waals surface area contributed by atoms with Crippen LogP contribution in [0.15, 0.2) is 30.6 Å². The van der Waals surface area contributed by atoms with Crippen LogP contribution >= 0.6 is 11.3 Å². The molecule has 144 valence electrons. The fourth-order valence-corrected chi connectivity index (χ4v) is 4.77. The van der Waals surface area contributed by atoms with Gasteiger partial charge in [0.2, 0.25) is 0 Å². The molecule has 28 heavy (non-hydrogen) atoms. The third kappa shape index (κ3) is 2.84. The van der Waals surface area contributed by atoms with E-state index in [0.29, 0.717) is 18.0 Å². The molecule has 2 aromatic heterocycles. The standard InChI is InChI=1S/C20H21N5O2S/c1-20(2)9-14-17(18(26)23-20)28-19(22-14)25-6-7-27-16-8-12(4-5-15(16)25)13-10-21-24(3)11-13/h4-5,8,10-11H,6-7,9H2,1-3H3,(H,23,26). The van der Waals surface area contributed by atoms with Crippen molar-refractivity contribution in [2.24, 2.45) is 7.05 Å². The number of aryl methyl sites for hydroxylation is 1. The monoisotopic (exact) mass is 395 g/mol. The van der Waals surface area contributed by atoms with Crippen LogP contribution in [0.1, 0.15) is 29.2 Å². The average molecular weight is 395 g/mol. The van der Waals surface area contributed by atoms with Crippen LogP contribution in [0.4, 0.5) is 10.8 Å². The average Bonchev–Trinajstić information content (AvgIpc) is 3.26. The second-order valence-electron chi connectivity index (χ2n) is 7.87. The third-order valence-corrected chi connectivity index (χ3v) is 6.17. The van der Waals surface area contributed by atoms with E-state index in [4.69, 9.17) is 9.72 Å². The normalized spacial score (nSPS) is 17.5. The lowest BCUT2D eigenvalue weighted by Crippen LogP contribution is -2.48. The Bertz CT molecular complexity index is 1080. The molecule has 1 N–H and O–H groups in total. The summed E-state index contributed by atoms with van der Waals surface area (Å²) < 4.78 is 7.72. The van der Waals surface area contributed by atoms with E-state index in [1.165, 1.54) is 11.3 Å². The first kappa shape index (κ1) is 17.2. The molecule has 0 radical (unpaired) electrons. The van der Waals surface area contributed by atoms with E-state index in [-0.39, 0.29) is 11.4 Å². The Kier molecular flexibility index (Phi) is 3.74. The van der Waals surface area contributed by atoms with Crippen LogP contribution < -0.4 is 15.0 Å². The topological polar surface area (TPSA) is 72.3 Å².